The lowest BCUT2D eigenvalue weighted by molar-refractivity contribution is -0.0916. The molecule has 0 rings (SSSR count). The van der Waals surface area contributed by atoms with Gasteiger partial charge in [-0.1, -0.05) is 31.9 Å². The highest BCUT2D eigenvalue weighted by atomic mass is 79.9. The number of rotatable bonds is 5. The van der Waals surface area contributed by atoms with E-state index in [-0.39, 0.29) is 10.7 Å². The van der Waals surface area contributed by atoms with Crippen molar-refractivity contribution in [1.29, 1.82) is 0 Å². The average Bonchev–Trinajstić information content (AvgIpc) is 2.12. The van der Waals surface area contributed by atoms with Gasteiger partial charge in [-0.2, -0.15) is 0 Å². The van der Waals surface area contributed by atoms with Crippen LogP contribution >= 0.6 is 31.9 Å². The SMILES string of the molecule is OC(CBr)[C@@H](O)[C@@H](O)[C@H](O)CBr. The molecule has 4 nitrogen and oxygen atoms in total. The van der Waals surface area contributed by atoms with Crippen LogP contribution in [0.4, 0.5) is 0 Å². The highest BCUT2D eigenvalue weighted by Crippen LogP contribution is 2.08. The van der Waals surface area contributed by atoms with Gasteiger partial charge in [0.05, 0.1) is 12.2 Å². The van der Waals surface area contributed by atoms with Gasteiger partial charge in [0.15, 0.2) is 0 Å². The minimum Gasteiger partial charge on any atom is -0.389 e. The van der Waals surface area contributed by atoms with E-state index in [2.05, 4.69) is 31.9 Å². The minimum absolute atomic E-state index is 0.153. The van der Waals surface area contributed by atoms with Gasteiger partial charge in [0.25, 0.3) is 0 Å². The molecule has 0 heterocycles. The molecule has 0 aromatic carbocycles. The predicted molar refractivity (Wildman–Crippen MR) is 51.6 cm³/mol. The Kier molecular flexibility index (Phi) is 6.70. The van der Waals surface area contributed by atoms with Crippen LogP contribution in [0.3, 0.4) is 0 Å². The van der Waals surface area contributed by atoms with Crippen LogP contribution in [0.1, 0.15) is 0 Å². The van der Waals surface area contributed by atoms with E-state index in [4.69, 9.17) is 10.2 Å². The Balaban J connectivity index is 3.99. The normalized spacial score (nSPS) is 21.5. The number of aliphatic hydroxyl groups excluding tert-OH is 4. The summed E-state index contributed by atoms with van der Waals surface area (Å²) in [6.45, 7) is 0. The highest BCUT2D eigenvalue weighted by Gasteiger charge is 2.28. The molecule has 4 atom stereocenters. The Bertz CT molecular complexity index is 110. The molecule has 0 aromatic rings. The molecule has 0 aromatic heterocycles. The van der Waals surface area contributed by atoms with Crippen LogP contribution in [0.25, 0.3) is 0 Å². The lowest BCUT2D eigenvalue weighted by Gasteiger charge is -2.24. The number of hydrogen-bond acceptors (Lipinski definition) is 4. The average molecular weight is 308 g/mol. The zero-order valence-electron chi connectivity index (χ0n) is 6.27. The van der Waals surface area contributed by atoms with Gasteiger partial charge in [-0.25, -0.2) is 0 Å². The van der Waals surface area contributed by atoms with E-state index < -0.39 is 24.4 Å². The van der Waals surface area contributed by atoms with Crippen molar-refractivity contribution < 1.29 is 20.4 Å². The second kappa shape index (κ2) is 6.28. The van der Waals surface area contributed by atoms with Gasteiger partial charge in [-0.15, -0.1) is 0 Å². The quantitative estimate of drug-likeness (QED) is 0.502. The molecule has 0 aliphatic heterocycles. The molecule has 0 spiro atoms. The molecule has 6 heteroatoms. The van der Waals surface area contributed by atoms with Crippen LogP contribution in [0.15, 0.2) is 0 Å². The van der Waals surface area contributed by atoms with Crippen molar-refractivity contribution in [1.82, 2.24) is 0 Å². The molecule has 4 N–H and O–H groups in total. The van der Waals surface area contributed by atoms with Crippen molar-refractivity contribution in [2.24, 2.45) is 0 Å². The van der Waals surface area contributed by atoms with E-state index in [1.165, 1.54) is 0 Å². The Morgan fingerprint density at radius 1 is 0.750 bits per heavy atom. The fourth-order valence-electron chi connectivity index (χ4n) is 0.638. The van der Waals surface area contributed by atoms with E-state index in [9.17, 15) is 10.2 Å². The zero-order valence-corrected chi connectivity index (χ0v) is 9.44. The van der Waals surface area contributed by atoms with Gasteiger partial charge in [0.1, 0.15) is 12.2 Å². The van der Waals surface area contributed by atoms with Crippen molar-refractivity contribution in [2.75, 3.05) is 10.7 Å². The van der Waals surface area contributed by atoms with Crippen LogP contribution in [-0.4, -0.2) is 55.5 Å². The summed E-state index contributed by atoms with van der Waals surface area (Å²) in [6, 6.07) is 0. The van der Waals surface area contributed by atoms with E-state index in [0.29, 0.717) is 0 Å². The van der Waals surface area contributed by atoms with E-state index in [0.717, 1.165) is 0 Å². The first-order chi connectivity index (χ1) is 5.54. The Morgan fingerprint density at radius 3 is 1.17 bits per heavy atom. The number of aliphatic hydroxyl groups is 4. The van der Waals surface area contributed by atoms with Crippen molar-refractivity contribution >= 4 is 31.9 Å². The summed E-state index contributed by atoms with van der Waals surface area (Å²) in [4.78, 5) is 0. The van der Waals surface area contributed by atoms with Crippen LogP contribution in [0.5, 0.6) is 0 Å². The molecule has 0 amide bonds. The summed E-state index contributed by atoms with van der Waals surface area (Å²) in [5.74, 6) is 0. The van der Waals surface area contributed by atoms with Gasteiger partial charge < -0.3 is 20.4 Å². The molecule has 0 saturated heterocycles. The highest BCUT2D eigenvalue weighted by molar-refractivity contribution is 9.09. The molecule has 0 saturated carbocycles. The van der Waals surface area contributed by atoms with E-state index >= 15 is 0 Å². The van der Waals surface area contributed by atoms with Gasteiger partial charge in [0, 0.05) is 10.7 Å². The maximum absolute atomic E-state index is 9.18. The lowest BCUT2D eigenvalue weighted by atomic mass is 10.1. The summed E-state index contributed by atoms with van der Waals surface area (Å²) in [7, 11) is 0. The number of hydrogen-bond donors (Lipinski definition) is 4. The topological polar surface area (TPSA) is 80.9 Å². The number of halogens is 2. The van der Waals surface area contributed by atoms with Crippen LogP contribution in [0, 0.1) is 0 Å². The molecular weight excluding hydrogens is 296 g/mol. The molecule has 0 fully saturated rings. The minimum atomic E-state index is -1.34. The summed E-state index contributed by atoms with van der Waals surface area (Å²) in [5.41, 5.74) is 0. The molecule has 0 aliphatic rings. The maximum atomic E-state index is 9.18. The van der Waals surface area contributed by atoms with E-state index in [1.54, 1.807) is 0 Å². The molecule has 0 radical (unpaired) electrons. The lowest BCUT2D eigenvalue weighted by Crippen LogP contribution is -2.45. The Morgan fingerprint density at radius 2 is 1.00 bits per heavy atom. The first-order valence-corrected chi connectivity index (χ1v) is 5.63. The van der Waals surface area contributed by atoms with Crippen molar-refractivity contribution in [2.45, 2.75) is 24.4 Å². The number of alkyl halides is 2. The van der Waals surface area contributed by atoms with Gasteiger partial charge in [-0.05, 0) is 0 Å². The molecular formula is C6H12Br2O4. The molecule has 74 valence electrons. The van der Waals surface area contributed by atoms with Gasteiger partial charge in [-0.3, -0.25) is 0 Å². The van der Waals surface area contributed by atoms with Crippen LogP contribution < -0.4 is 0 Å². The van der Waals surface area contributed by atoms with E-state index in [1.807, 2.05) is 0 Å². The Labute approximate surface area is 87.5 Å². The second-order valence-electron chi connectivity index (χ2n) is 2.42. The molecule has 1 unspecified atom stereocenters. The fourth-order valence-corrected chi connectivity index (χ4v) is 1.40. The predicted octanol–water partition coefficient (Wildman–Crippen LogP) is -0.780. The largest absolute Gasteiger partial charge is 0.389 e. The second-order valence-corrected chi connectivity index (χ2v) is 3.72. The van der Waals surface area contributed by atoms with Gasteiger partial charge in [0.2, 0.25) is 0 Å². The van der Waals surface area contributed by atoms with Crippen LogP contribution in [0.2, 0.25) is 0 Å². The van der Waals surface area contributed by atoms with Crippen molar-refractivity contribution in [3.8, 4) is 0 Å². The summed E-state index contributed by atoms with van der Waals surface area (Å²) in [5, 5.41) is 36.8. The smallest absolute Gasteiger partial charge is 0.109 e. The van der Waals surface area contributed by atoms with Crippen molar-refractivity contribution in [3.05, 3.63) is 0 Å². The first kappa shape index (κ1) is 12.8. The first-order valence-electron chi connectivity index (χ1n) is 3.38. The fraction of sp³-hybridized carbons (Fsp3) is 1.00. The van der Waals surface area contributed by atoms with Crippen molar-refractivity contribution in [3.63, 3.8) is 0 Å². The third-order valence-electron chi connectivity index (χ3n) is 1.45. The maximum Gasteiger partial charge on any atom is 0.109 e. The summed E-state index contributed by atoms with van der Waals surface area (Å²) < 4.78 is 0. The molecule has 0 aliphatic carbocycles. The van der Waals surface area contributed by atoms with Gasteiger partial charge >= 0.3 is 0 Å². The third kappa shape index (κ3) is 3.68. The summed E-state index contributed by atoms with van der Waals surface area (Å²) >= 11 is 5.88. The monoisotopic (exact) mass is 306 g/mol. The third-order valence-corrected chi connectivity index (χ3v) is 2.78. The molecule has 12 heavy (non-hydrogen) atoms. The van der Waals surface area contributed by atoms with Crippen LogP contribution in [-0.2, 0) is 0 Å². The Hall–Kier alpha value is 0.800. The zero-order chi connectivity index (χ0) is 9.72. The summed E-state index contributed by atoms with van der Waals surface area (Å²) in [6.07, 6.45) is -4.82. The molecule has 0 bridgehead atoms. The standard InChI is InChI=1S/C6H12Br2O4/c7-1-3(9)5(11)6(12)4(10)2-8/h3-6,9-12H,1-2H2/t3-,4?,5+,6-/m1/s1.